The third-order valence-electron chi connectivity index (χ3n) is 2.94. The molecule has 1 unspecified atom stereocenters. The van der Waals surface area contributed by atoms with Crippen molar-refractivity contribution in [3.8, 4) is 0 Å². The third-order valence-corrected chi connectivity index (χ3v) is 3.92. The largest absolute Gasteiger partial charge is 0.382 e. The maximum atomic E-state index is 12.1. The number of aromatic nitrogens is 1. The van der Waals surface area contributed by atoms with Gasteiger partial charge in [-0.2, -0.15) is 0 Å². The number of nitrogen functional groups attached to an aromatic ring is 1. The Labute approximate surface area is 127 Å². The average molecular weight is 311 g/mol. The molecule has 0 bridgehead atoms. The number of nitrogens with two attached hydrogens (primary N) is 1. The van der Waals surface area contributed by atoms with E-state index in [0.717, 1.165) is 6.42 Å². The number of nitrogens with one attached hydrogen (secondary N) is 3. The van der Waals surface area contributed by atoms with E-state index in [0.29, 0.717) is 23.0 Å². The van der Waals surface area contributed by atoms with Crippen molar-refractivity contribution in [3.05, 3.63) is 4.88 Å². The molecule has 0 radical (unpaired) electrons. The van der Waals surface area contributed by atoms with Gasteiger partial charge in [0.15, 0.2) is 5.13 Å². The molecular formula is C13H21N5O2S. The molecule has 1 atom stereocenters. The van der Waals surface area contributed by atoms with Crippen LogP contribution in [0.25, 0.3) is 0 Å². The Morgan fingerprint density at radius 1 is 1.52 bits per heavy atom. The highest BCUT2D eigenvalue weighted by atomic mass is 32.1. The molecule has 0 saturated carbocycles. The first-order valence-corrected chi connectivity index (χ1v) is 7.68. The minimum Gasteiger partial charge on any atom is -0.382 e. The van der Waals surface area contributed by atoms with Crippen LogP contribution in [-0.2, 0) is 4.79 Å². The highest BCUT2D eigenvalue weighted by Gasteiger charge is 2.23. The van der Waals surface area contributed by atoms with Gasteiger partial charge < -0.3 is 21.7 Å². The number of hydrogen-bond acceptors (Lipinski definition) is 6. The lowest BCUT2D eigenvalue weighted by Gasteiger charge is -2.19. The molecule has 2 rings (SSSR count). The Balaban J connectivity index is 1.94. The number of carbonyl (C=O) groups excluding carboxylic acids is 2. The van der Waals surface area contributed by atoms with Crippen LogP contribution in [0.4, 0.5) is 10.9 Å². The Bertz CT molecular complexity index is 549. The predicted molar refractivity (Wildman–Crippen MR) is 83.4 cm³/mol. The van der Waals surface area contributed by atoms with Gasteiger partial charge in [0.05, 0.1) is 0 Å². The Hall–Kier alpha value is -1.83. The maximum absolute atomic E-state index is 12.1. The first kappa shape index (κ1) is 15.6. The number of amides is 2. The van der Waals surface area contributed by atoms with Crippen molar-refractivity contribution < 1.29 is 9.59 Å². The van der Waals surface area contributed by atoms with Gasteiger partial charge in [-0.3, -0.25) is 9.59 Å². The fourth-order valence-electron chi connectivity index (χ4n) is 2.00. The minimum absolute atomic E-state index is 0.00256. The van der Waals surface area contributed by atoms with Crippen molar-refractivity contribution >= 4 is 34.1 Å². The van der Waals surface area contributed by atoms with Gasteiger partial charge in [-0.1, -0.05) is 11.3 Å². The lowest BCUT2D eigenvalue weighted by atomic mass is 10.1. The SMILES string of the molecule is CC(C)(C)Nc1nc(N)c(C(=O)NCC2CCC(=O)N2)s1. The molecule has 1 fully saturated rings. The highest BCUT2D eigenvalue weighted by molar-refractivity contribution is 7.18. The van der Waals surface area contributed by atoms with Crippen molar-refractivity contribution in [2.45, 2.75) is 45.2 Å². The quantitative estimate of drug-likeness (QED) is 0.662. The molecule has 0 aromatic carbocycles. The second-order valence-electron chi connectivity index (χ2n) is 6.12. The number of nitrogens with zero attached hydrogens (tertiary/aromatic N) is 1. The zero-order valence-corrected chi connectivity index (χ0v) is 13.3. The Kier molecular flexibility index (Phi) is 4.36. The summed E-state index contributed by atoms with van der Waals surface area (Å²) in [5, 5.41) is 9.40. The van der Waals surface area contributed by atoms with Gasteiger partial charge in [-0.25, -0.2) is 4.98 Å². The molecule has 1 aromatic heterocycles. The second-order valence-corrected chi connectivity index (χ2v) is 7.12. The molecule has 1 saturated heterocycles. The Morgan fingerprint density at radius 2 is 2.24 bits per heavy atom. The highest BCUT2D eigenvalue weighted by Crippen LogP contribution is 2.27. The van der Waals surface area contributed by atoms with Gasteiger partial charge in [-0.15, -0.1) is 0 Å². The van der Waals surface area contributed by atoms with E-state index in [4.69, 9.17) is 5.73 Å². The molecule has 116 valence electrons. The number of rotatable bonds is 4. The minimum atomic E-state index is -0.256. The van der Waals surface area contributed by atoms with E-state index in [2.05, 4.69) is 20.9 Å². The summed E-state index contributed by atoms with van der Waals surface area (Å²) in [6, 6.07) is 0.00256. The van der Waals surface area contributed by atoms with Crippen molar-refractivity contribution in [2.24, 2.45) is 0 Å². The van der Waals surface area contributed by atoms with Crippen molar-refractivity contribution in [1.29, 1.82) is 0 Å². The summed E-state index contributed by atoms with van der Waals surface area (Å²) in [6.07, 6.45) is 1.26. The topological polar surface area (TPSA) is 109 Å². The summed E-state index contributed by atoms with van der Waals surface area (Å²) in [5.74, 6) is -0.00367. The van der Waals surface area contributed by atoms with Crippen LogP contribution in [-0.4, -0.2) is 34.9 Å². The Morgan fingerprint density at radius 3 is 2.81 bits per heavy atom. The van der Waals surface area contributed by atoms with Crippen LogP contribution in [0.2, 0.25) is 0 Å². The zero-order valence-electron chi connectivity index (χ0n) is 12.4. The fraction of sp³-hybridized carbons (Fsp3) is 0.615. The van der Waals surface area contributed by atoms with Crippen LogP contribution >= 0.6 is 11.3 Å². The van der Waals surface area contributed by atoms with E-state index in [1.165, 1.54) is 11.3 Å². The van der Waals surface area contributed by atoms with Crippen LogP contribution in [0.15, 0.2) is 0 Å². The van der Waals surface area contributed by atoms with Crippen LogP contribution in [0.5, 0.6) is 0 Å². The molecule has 21 heavy (non-hydrogen) atoms. The van der Waals surface area contributed by atoms with Crippen LogP contribution in [0, 0.1) is 0 Å². The normalized spacial score (nSPS) is 18.4. The monoisotopic (exact) mass is 311 g/mol. The van der Waals surface area contributed by atoms with Gasteiger partial charge in [-0.05, 0) is 27.2 Å². The van der Waals surface area contributed by atoms with Crippen molar-refractivity contribution in [3.63, 3.8) is 0 Å². The predicted octanol–water partition coefficient (Wildman–Crippen LogP) is 0.944. The maximum Gasteiger partial charge on any atom is 0.265 e. The number of carbonyl (C=O) groups is 2. The van der Waals surface area contributed by atoms with E-state index < -0.39 is 0 Å². The summed E-state index contributed by atoms with van der Waals surface area (Å²) in [6.45, 7) is 6.43. The molecule has 8 heteroatoms. The molecular weight excluding hydrogens is 290 g/mol. The number of thiazole rings is 1. The van der Waals surface area contributed by atoms with E-state index >= 15 is 0 Å². The molecule has 1 aliphatic heterocycles. The molecule has 0 aliphatic carbocycles. The first-order valence-electron chi connectivity index (χ1n) is 6.86. The van der Waals surface area contributed by atoms with E-state index in [-0.39, 0.29) is 29.2 Å². The average Bonchev–Trinajstić information content (AvgIpc) is 2.90. The van der Waals surface area contributed by atoms with Gasteiger partial charge in [0.25, 0.3) is 5.91 Å². The molecule has 7 nitrogen and oxygen atoms in total. The van der Waals surface area contributed by atoms with Gasteiger partial charge in [0, 0.05) is 24.5 Å². The zero-order chi connectivity index (χ0) is 15.6. The van der Waals surface area contributed by atoms with Gasteiger partial charge in [0.2, 0.25) is 5.91 Å². The second kappa shape index (κ2) is 5.88. The summed E-state index contributed by atoms with van der Waals surface area (Å²) >= 11 is 1.23. The molecule has 2 heterocycles. The smallest absolute Gasteiger partial charge is 0.265 e. The lowest BCUT2D eigenvalue weighted by Crippen LogP contribution is -2.38. The summed E-state index contributed by atoms with van der Waals surface area (Å²) in [4.78, 5) is 27.8. The number of hydrogen-bond donors (Lipinski definition) is 4. The third kappa shape index (κ3) is 4.32. The van der Waals surface area contributed by atoms with Crippen LogP contribution in [0.3, 0.4) is 0 Å². The van der Waals surface area contributed by atoms with Crippen LogP contribution in [0.1, 0.15) is 43.3 Å². The summed E-state index contributed by atoms with van der Waals surface area (Å²) in [7, 11) is 0. The fourth-order valence-corrected chi connectivity index (χ4v) is 3.01. The molecule has 1 aliphatic rings. The first-order chi connectivity index (χ1) is 9.74. The molecule has 1 aromatic rings. The molecule has 0 spiro atoms. The molecule has 2 amide bonds. The summed E-state index contributed by atoms with van der Waals surface area (Å²) < 4.78 is 0. The van der Waals surface area contributed by atoms with Gasteiger partial charge >= 0.3 is 0 Å². The molecule has 5 N–H and O–H groups in total. The standard InChI is InChI=1S/C13H21N5O2S/c1-13(2,3)18-12-17-10(14)9(21-12)11(20)15-6-7-4-5-8(19)16-7/h7H,4-6,14H2,1-3H3,(H,15,20)(H,16,19)(H,17,18). The van der Waals surface area contributed by atoms with E-state index in [1.807, 2.05) is 20.8 Å². The van der Waals surface area contributed by atoms with Crippen LogP contribution < -0.4 is 21.7 Å². The van der Waals surface area contributed by atoms with Crippen molar-refractivity contribution in [2.75, 3.05) is 17.6 Å². The summed E-state index contributed by atoms with van der Waals surface area (Å²) in [5.41, 5.74) is 5.65. The van der Waals surface area contributed by atoms with E-state index in [9.17, 15) is 9.59 Å². The van der Waals surface area contributed by atoms with E-state index in [1.54, 1.807) is 0 Å². The van der Waals surface area contributed by atoms with Gasteiger partial charge in [0.1, 0.15) is 10.7 Å². The van der Waals surface area contributed by atoms with Crippen molar-refractivity contribution in [1.82, 2.24) is 15.6 Å². The number of anilines is 2. The lowest BCUT2D eigenvalue weighted by molar-refractivity contribution is -0.119.